The fraction of sp³-hybridized carbons (Fsp3) is 0.579. The number of hydrogen-bond acceptors (Lipinski definition) is 4. The highest BCUT2D eigenvalue weighted by atomic mass is 35.5. The van der Waals surface area contributed by atoms with Crippen LogP contribution < -0.4 is 4.74 Å². The topological polar surface area (TPSA) is 55.8 Å². The van der Waals surface area contributed by atoms with Crippen molar-refractivity contribution in [3.63, 3.8) is 0 Å². The summed E-state index contributed by atoms with van der Waals surface area (Å²) in [6.45, 7) is 6.78. The van der Waals surface area contributed by atoms with Crippen LogP contribution in [0.25, 0.3) is 0 Å². The van der Waals surface area contributed by atoms with Crippen molar-refractivity contribution < 1.29 is 19.1 Å². The molecule has 0 bridgehead atoms. The summed E-state index contributed by atoms with van der Waals surface area (Å²) in [6.07, 6.45) is 1.74. The Kier molecular flexibility index (Phi) is 7.18. The molecule has 26 heavy (non-hydrogen) atoms. The van der Waals surface area contributed by atoms with Gasteiger partial charge in [0.05, 0.1) is 10.0 Å². The first-order valence-electron chi connectivity index (χ1n) is 8.71. The highest BCUT2D eigenvalue weighted by molar-refractivity contribution is 6.42. The van der Waals surface area contributed by atoms with Crippen LogP contribution in [0.4, 0.5) is 4.79 Å². The minimum absolute atomic E-state index is 0.00421. The van der Waals surface area contributed by atoms with Crippen LogP contribution in [0.5, 0.6) is 5.75 Å². The van der Waals surface area contributed by atoms with Crippen molar-refractivity contribution >= 4 is 35.1 Å². The van der Waals surface area contributed by atoms with Gasteiger partial charge in [-0.2, -0.15) is 0 Å². The highest BCUT2D eigenvalue weighted by Gasteiger charge is 2.27. The summed E-state index contributed by atoms with van der Waals surface area (Å²) < 4.78 is 10.9. The van der Waals surface area contributed by atoms with Gasteiger partial charge in [-0.25, -0.2) is 4.79 Å². The fourth-order valence-electron chi connectivity index (χ4n) is 2.76. The van der Waals surface area contributed by atoms with Crippen LogP contribution in [0.15, 0.2) is 18.2 Å². The SMILES string of the molecule is CC(C)(C)OC(=O)N1CCC(CC(=O)COc2ccc(Cl)c(Cl)c2)CC1. The largest absolute Gasteiger partial charge is 0.486 e. The summed E-state index contributed by atoms with van der Waals surface area (Å²) in [5, 5.41) is 0.841. The number of Topliss-reactive ketones (excluding diaryl/α,β-unsaturated/α-hetero) is 1. The lowest BCUT2D eigenvalue weighted by Crippen LogP contribution is -2.42. The summed E-state index contributed by atoms with van der Waals surface area (Å²) >= 11 is 11.8. The molecule has 0 N–H and O–H groups in total. The third-order valence-electron chi connectivity index (χ3n) is 4.07. The van der Waals surface area contributed by atoms with Crippen molar-refractivity contribution in [2.24, 2.45) is 5.92 Å². The predicted molar refractivity (Wildman–Crippen MR) is 102 cm³/mol. The van der Waals surface area contributed by atoms with Gasteiger partial charge in [-0.1, -0.05) is 23.2 Å². The van der Waals surface area contributed by atoms with Gasteiger partial charge >= 0.3 is 6.09 Å². The van der Waals surface area contributed by atoms with Crippen LogP contribution >= 0.6 is 23.2 Å². The molecule has 1 saturated heterocycles. The Morgan fingerprint density at radius 3 is 2.38 bits per heavy atom. The first-order chi connectivity index (χ1) is 12.1. The normalized spacial score (nSPS) is 15.7. The summed E-state index contributed by atoms with van der Waals surface area (Å²) in [6, 6.07) is 4.91. The quantitative estimate of drug-likeness (QED) is 0.697. The van der Waals surface area contributed by atoms with E-state index in [0.29, 0.717) is 35.3 Å². The number of amides is 1. The van der Waals surface area contributed by atoms with Crippen LogP contribution in [0.2, 0.25) is 10.0 Å². The maximum Gasteiger partial charge on any atom is 0.410 e. The van der Waals surface area contributed by atoms with Crippen molar-refractivity contribution in [3.05, 3.63) is 28.2 Å². The van der Waals surface area contributed by atoms with Gasteiger partial charge in [0.25, 0.3) is 0 Å². The van der Waals surface area contributed by atoms with E-state index >= 15 is 0 Å². The molecule has 2 rings (SSSR count). The van der Waals surface area contributed by atoms with E-state index in [1.54, 1.807) is 23.1 Å². The molecular formula is C19H25Cl2NO4. The Morgan fingerprint density at radius 1 is 1.15 bits per heavy atom. The Hall–Kier alpha value is -1.46. The number of carbonyl (C=O) groups is 2. The Morgan fingerprint density at radius 2 is 1.81 bits per heavy atom. The molecule has 0 unspecified atom stereocenters. The van der Waals surface area contributed by atoms with Crippen LogP contribution in [-0.2, 0) is 9.53 Å². The van der Waals surface area contributed by atoms with E-state index in [9.17, 15) is 9.59 Å². The zero-order chi connectivity index (χ0) is 19.3. The molecule has 144 valence electrons. The van der Waals surface area contributed by atoms with E-state index in [-0.39, 0.29) is 24.4 Å². The Bertz CT molecular complexity index is 649. The molecule has 7 heteroatoms. The van der Waals surface area contributed by atoms with Gasteiger partial charge in [-0.3, -0.25) is 4.79 Å². The minimum Gasteiger partial charge on any atom is -0.486 e. The lowest BCUT2D eigenvalue weighted by molar-refractivity contribution is -0.122. The Balaban J connectivity index is 1.72. The van der Waals surface area contributed by atoms with E-state index in [2.05, 4.69) is 0 Å². The molecule has 1 fully saturated rings. The second-order valence-corrected chi connectivity index (χ2v) is 8.33. The number of halogens is 2. The number of ketones is 1. The standard InChI is InChI=1S/C19H25Cl2NO4/c1-19(2,3)26-18(24)22-8-6-13(7-9-22)10-14(23)12-25-15-4-5-16(20)17(21)11-15/h4-5,11,13H,6-10,12H2,1-3H3. The van der Waals surface area contributed by atoms with Crippen LogP contribution in [0, 0.1) is 5.92 Å². The van der Waals surface area contributed by atoms with Crippen LogP contribution in [0.1, 0.15) is 40.0 Å². The van der Waals surface area contributed by atoms with Gasteiger partial charge in [0, 0.05) is 25.6 Å². The van der Waals surface area contributed by atoms with Crippen molar-refractivity contribution in [1.82, 2.24) is 4.90 Å². The molecule has 0 radical (unpaired) electrons. The summed E-state index contributed by atoms with van der Waals surface area (Å²) in [4.78, 5) is 25.9. The Labute approximate surface area is 164 Å². The number of benzene rings is 1. The highest BCUT2D eigenvalue weighted by Crippen LogP contribution is 2.27. The zero-order valence-electron chi connectivity index (χ0n) is 15.4. The number of piperidine rings is 1. The minimum atomic E-state index is -0.494. The van der Waals surface area contributed by atoms with Gasteiger partial charge in [-0.15, -0.1) is 0 Å². The van der Waals surface area contributed by atoms with E-state index in [0.717, 1.165) is 12.8 Å². The average molecular weight is 402 g/mol. The molecule has 0 spiro atoms. The number of hydrogen-bond donors (Lipinski definition) is 0. The molecule has 1 aliphatic rings. The van der Waals surface area contributed by atoms with Crippen molar-refractivity contribution in [1.29, 1.82) is 0 Å². The number of rotatable bonds is 5. The number of ether oxygens (including phenoxy) is 2. The third-order valence-corrected chi connectivity index (χ3v) is 4.81. The number of likely N-dealkylation sites (tertiary alicyclic amines) is 1. The van der Waals surface area contributed by atoms with Crippen molar-refractivity contribution in [3.8, 4) is 5.75 Å². The molecule has 1 heterocycles. The third kappa shape index (κ3) is 6.69. The number of carbonyl (C=O) groups excluding carboxylic acids is 2. The second-order valence-electron chi connectivity index (χ2n) is 7.52. The molecule has 0 saturated carbocycles. The summed E-state index contributed by atoms with van der Waals surface area (Å²) in [7, 11) is 0. The molecule has 0 aliphatic carbocycles. The second kappa shape index (κ2) is 8.96. The first kappa shape index (κ1) is 20.8. The zero-order valence-corrected chi connectivity index (χ0v) is 16.9. The van der Waals surface area contributed by atoms with E-state index in [1.807, 2.05) is 20.8 Å². The van der Waals surface area contributed by atoms with E-state index in [1.165, 1.54) is 0 Å². The fourth-order valence-corrected chi connectivity index (χ4v) is 3.05. The van der Waals surface area contributed by atoms with Crippen molar-refractivity contribution in [2.75, 3.05) is 19.7 Å². The smallest absolute Gasteiger partial charge is 0.410 e. The molecule has 1 aromatic carbocycles. The van der Waals surface area contributed by atoms with Crippen LogP contribution in [-0.4, -0.2) is 42.1 Å². The lowest BCUT2D eigenvalue weighted by Gasteiger charge is -2.33. The monoisotopic (exact) mass is 401 g/mol. The molecule has 1 amide bonds. The van der Waals surface area contributed by atoms with Gasteiger partial charge < -0.3 is 14.4 Å². The van der Waals surface area contributed by atoms with E-state index in [4.69, 9.17) is 32.7 Å². The average Bonchev–Trinajstić information content (AvgIpc) is 2.55. The molecule has 1 aliphatic heterocycles. The van der Waals surface area contributed by atoms with Gasteiger partial charge in [0.15, 0.2) is 5.78 Å². The van der Waals surface area contributed by atoms with Gasteiger partial charge in [0.2, 0.25) is 0 Å². The summed E-state index contributed by atoms with van der Waals surface area (Å²) in [5.74, 6) is 0.817. The predicted octanol–water partition coefficient (Wildman–Crippen LogP) is 4.98. The van der Waals surface area contributed by atoms with Crippen LogP contribution in [0.3, 0.4) is 0 Å². The number of nitrogens with zero attached hydrogens (tertiary/aromatic N) is 1. The lowest BCUT2D eigenvalue weighted by atomic mass is 9.92. The maximum absolute atomic E-state index is 12.2. The molecule has 0 aromatic heterocycles. The van der Waals surface area contributed by atoms with Gasteiger partial charge in [0.1, 0.15) is 18.0 Å². The maximum atomic E-state index is 12.2. The molecule has 1 aromatic rings. The molecular weight excluding hydrogens is 377 g/mol. The van der Waals surface area contributed by atoms with Gasteiger partial charge in [-0.05, 0) is 51.7 Å². The van der Waals surface area contributed by atoms with Crippen molar-refractivity contribution in [2.45, 2.75) is 45.6 Å². The molecule has 0 atom stereocenters. The molecule has 5 nitrogen and oxygen atoms in total. The first-order valence-corrected chi connectivity index (χ1v) is 9.47. The summed E-state index contributed by atoms with van der Waals surface area (Å²) in [5.41, 5.74) is -0.494. The van der Waals surface area contributed by atoms with E-state index < -0.39 is 5.60 Å².